The SMILES string of the molecule is Cc1nc2ccc(-c3cccc4ccccc34)nn2c1Br. The largest absolute Gasteiger partial charge is 0.231 e. The molecule has 0 saturated heterocycles. The molecule has 2 aromatic carbocycles. The zero-order chi connectivity index (χ0) is 14.4. The third-order valence-electron chi connectivity index (χ3n) is 3.65. The van der Waals surface area contributed by atoms with Crippen LogP contribution in [0.1, 0.15) is 5.69 Å². The number of aryl methyl sites for hydroxylation is 1. The Morgan fingerprint density at radius 2 is 1.76 bits per heavy atom. The fourth-order valence-corrected chi connectivity index (χ4v) is 2.96. The molecule has 0 amide bonds. The van der Waals surface area contributed by atoms with Crippen LogP contribution in [0.25, 0.3) is 27.7 Å². The van der Waals surface area contributed by atoms with Crippen molar-refractivity contribution >= 4 is 32.3 Å². The predicted molar refractivity (Wildman–Crippen MR) is 88.4 cm³/mol. The van der Waals surface area contributed by atoms with Gasteiger partial charge in [-0.15, -0.1) is 0 Å². The molecule has 0 aliphatic carbocycles. The summed E-state index contributed by atoms with van der Waals surface area (Å²) in [6, 6.07) is 18.7. The standard InChI is InChI=1S/C17H12BrN3/c1-11-17(18)21-16(19-11)10-9-15(20-21)14-8-4-6-12-5-2-3-7-13(12)14/h2-10H,1H3. The van der Waals surface area contributed by atoms with Gasteiger partial charge < -0.3 is 0 Å². The van der Waals surface area contributed by atoms with Gasteiger partial charge in [-0.1, -0.05) is 42.5 Å². The number of nitrogens with zero attached hydrogens (tertiary/aromatic N) is 3. The van der Waals surface area contributed by atoms with Crippen molar-refractivity contribution in [2.24, 2.45) is 0 Å². The number of hydrogen-bond donors (Lipinski definition) is 0. The fraction of sp³-hybridized carbons (Fsp3) is 0.0588. The van der Waals surface area contributed by atoms with Crippen molar-refractivity contribution in [1.82, 2.24) is 14.6 Å². The smallest absolute Gasteiger partial charge is 0.155 e. The molecule has 2 heterocycles. The Morgan fingerprint density at radius 3 is 2.67 bits per heavy atom. The summed E-state index contributed by atoms with van der Waals surface area (Å²) in [4.78, 5) is 4.46. The van der Waals surface area contributed by atoms with Crippen LogP contribution in [0.3, 0.4) is 0 Å². The Hall–Kier alpha value is -2.20. The van der Waals surface area contributed by atoms with Crippen molar-refractivity contribution in [1.29, 1.82) is 0 Å². The maximum absolute atomic E-state index is 4.72. The number of rotatable bonds is 1. The summed E-state index contributed by atoms with van der Waals surface area (Å²) in [6.45, 7) is 1.97. The Morgan fingerprint density at radius 1 is 0.952 bits per heavy atom. The van der Waals surface area contributed by atoms with E-state index in [-0.39, 0.29) is 0 Å². The first-order chi connectivity index (χ1) is 10.2. The van der Waals surface area contributed by atoms with Crippen LogP contribution in [0, 0.1) is 6.92 Å². The maximum atomic E-state index is 4.72. The Bertz CT molecular complexity index is 967. The van der Waals surface area contributed by atoms with Gasteiger partial charge in [0.05, 0.1) is 11.4 Å². The maximum Gasteiger partial charge on any atom is 0.155 e. The molecule has 0 aliphatic heterocycles. The van der Waals surface area contributed by atoms with Gasteiger partial charge in [0.25, 0.3) is 0 Å². The lowest BCUT2D eigenvalue weighted by atomic mass is 10.0. The molecule has 0 bridgehead atoms. The lowest BCUT2D eigenvalue weighted by Gasteiger charge is -2.06. The van der Waals surface area contributed by atoms with Gasteiger partial charge in [0.1, 0.15) is 4.60 Å². The van der Waals surface area contributed by atoms with Crippen LogP contribution in [0.2, 0.25) is 0 Å². The molecule has 0 radical (unpaired) electrons. The second-order valence-electron chi connectivity index (χ2n) is 5.00. The molecule has 3 nitrogen and oxygen atoms in total. The Balaban J connectivity index is 2.02. The molecule has 0 N–H and O–H groups in total. The monoisotopic (exact) mass is 337 g/mol. The highest BCUT2D eigenvalue weighted by Crippen LogP contribution is 2.28. The number of imidazole rings is 1. The van der Waals surface area contributed by atoms with Crippen molar-refractivity contribution in [3.05, 3.63) is 64.9 Å². The normalized spacial score (nSPS) is 11.3. The fourth-order valence-electron chi connectivity index (χ4n) is 2.61. The Labute approximate surface area is 130 Å². The van der Waals surface area contributed by atoms with Crippen LogP contribution in [-0.4, -0.2) is 14.6 Å². The van der Waals surface area contributed by atoms with E-state index < -0.39 is 0 Å². The van der Waals surface area contributed by atoms with Gasteiger partial charge in [-0.05, 0) is 45.8 Å². The van der Waals surface area contributed by atoms with E-state index in [0.29, 0.717) is 0 Å². The van der Waals surface area contributed by atoms with Gasteiger partial charge >= 0.3 is 0 Å². The summed E-state index contributed by atoms with van der Waals surface area (Å²) in [6.07, 6.45) is 0. The molecule has 102 valence electrons. The number of benzene rings is 2. The lowest BCUT2D eigenvalue weighted by molar-refractivity contribution is 0.920. The van der Waals surface area contributed by atoms with Crippen LogP contribution < -0.4 is 0 Å². The van der Waals surface area contributed by atoms with Gasteiger partial charge in [0.2, 0.25) is 0 Å². The second-order valence-corrected chi connectivity index (χ2v) is 5.75. The zero-order valence-electron chi connectivity index (χ0n) is 11.4. The highest BCUT2D eigenvalue weighted by molar-refractivity contribution is 9.10. The van der Waals surface area contributed by atoms with E-state index in [1.807, 2.05) is 23.6 Å². The van der Waals surface area contributed by atoms with Gasteiger partial charge in [-0.25, -0.2) is 9.50 Å². The second kappa shape index (κ2) is 4.67. The van der Waals surface area contributed by atoms with Gasteiger partial charge in [-0.3, -0.25) is 0 Å². The number of fused-ring (bicyclic) bond motifs is 2. The first kappa shape index (κ1) is 12.5. The molecule has 21 heavy (non-hydrogen) atoms. The summed E-state index contributed by atoms with van der Waals surface area (Å²) < 4.78 is 2.74. The van der Waals surface area contributed by atoms with E-state index in [9.17, 15) is 0 Å². The quantitative estimate of drug-likeness (QED) is 0.507. The first-order valence-electron chi connectivity index (χ1n) is 6.74. The third-order valence-corrected chi connectivity index (χ3v) is 4.56. The summed E-state index contributed by atoms with van der Waals surface area (Å²) in [5, 5.41) is 7.15. The van der Waals surface area contributed by atoms with Crippen LogP contribution >= 0.6 is 15.9 Å². The molecule has 0 aliphatic rings. The summed E-state index contributed by atoms with van der Waals surface area (Å²) in [5.74, 6) is 0. The van der Waals surface area contributed by atoms with Gasteiger partial charge in [0.15, 0.2) is 5.65 Å². The topological polar surface area (TPSA) is 30.2 Å². The average Bonchev–Trinajstić information content (AvgIpc) is 2.81. The average molecular weight is 338 g/mol. The molecule has 0 atom stereocenters. The van der Waals surface area contributed by atoms with E-state index in [0.717, 1.165) is 27.2 Å². The highest BCUT2D eigenvalue weighted by atomic mass is 79.9. The minimum atomic E-state index is 0.850. The predicted octanol–water partition coefficient (Wildman–Crippen LogP) is 4.62. The van der Waals surface area contributed by atoms with Crippen molar-refractivity contribution in [3.8, 4) is 11.3 Å². The molecule has 2 aromatic heterocycles. The van der Waals surface area contributed by atoms with E-state index in [1.165, 1.54) is 10.8 Å². The van der Waals surface area contributed by atoms with Crippen molar-refractivity contribution in [2.45, 2.75) is 6.92 Å². The molecule has 4 aromatic rings. The Kier molecular flexibility index (Phi) is 2.79. The highest BCUT2D eigenvalue weighted by Gasteiger charge is 2.10. The molecular formula is C17H12BrN3. The zero-order valence-corrected chi connectivity index (χ0v) is 13.0. The van der Waals surface area contributed by atoms with Crippen molar-refractivity contribution < 1.29 is 0 Å². The minimum Gasteiger partial charge on any atom is -0.231 e. The van der Waals surface area contributed by atoms with E-state index in [2.05, 4.69) is 63.4 Å². The van der Waals surface area contributed by atoms with Crippen LogP contribution in [-0.2, 0) is 0 Å². The van der Waals surface area contributed by atoms with Gasteiger partial charge in [0, 0.05) is 5.56 Å². The van der Waals surface area contributed by atoms with Crippen molar-refractivity contribution in [3.63, 3.8) is 0 Å². The number of halogens is 1. The molecular weight excluding hydrogens is 326 g/mol. The van der Waals surface area contributed by atoms with Crippen LogP contribution in [0.4, 0.5) is 0 Å². The van der Waals surface area contributed by atoms with Crippen molar-refractivity contribution in [2.75, 3.05) is 0 Å². The number of hydrogen-bond acceptors (Lipinski definition) is 2. The molecule has 0 saturated carbocycles. The molecule has 4 rings (SSSR count). The van der Waals surface area contributed by atoms with Crippen LogP contribution in [0.15, 0.2) is 59.2 Å². The first-order valence-corrected chi connectivity index (χ1v) is 7.53. The molecule has 0 fully saturated rings. The van der Waals surface area contributed by atoms with Crippen LogP contribution in [0.5, 0.6) is 0 Å². The van der Waals surface area contributed by atoms with E-state index in [1.54, 1.807) is 0 Å². The van der Waals surface area contributed by atoms with E-state index in [4.69, 9.17) is 5.10 Å². The summed E-state index contributed by atoms with van der Waals surface area (Å²) >= 11 is 3.55. The van der Waals surface area contributed by atoms with Gasteiger partial charge in [-0.2, -0.15) is 5.10 Å². The molecule has 0 spiro atoms. The summed E-state index contributed by atoms with van der Waals surface area (Å²) in [7, 11) is 0. The minimum absolute atomic E-state index is 0.850. The lowest BCUT2D eigenvalue weighted by Crippen LogP contribution is -1.95. The molecule has 4 heteroatoms. The third kappa shape index (κ3) is 1.94. The number of aromatic nitrogens is 3. The van der Waals surface area contributed by atoms with E-state index >= 15 is 0 Å². The summed E-state index contributed by atoms with van der Waals surface area (Å²) in [5.41, 5.74) is 3.87. The molecule has 0 unspecified atom stereocenters.